The van der Waals surface area contributed by atoms with E-state index in [2.05, 4.69) is 64.3 Å². The molecule has 2 rings (SSSR count). The molecule has 0 aliphatic carbocycles. The van der Waals surface area contributed by atoms with Crippen LogP contribution in [0.2, 0.25) is 0 Å². The van der Waals surface area contributed by atoms with Gasteiger partial charge in [0.2, 0.25) is 0 Å². The minimum Gasteiger partial charge on any atom is -0.380 e. The fourth-order valence-corrected chi connectivity index (χ4v) is 2.25. The van der Waals surface area contributed by atoms with Crippen molar-refractivity contribution in [1.29, 1.82) is 0 Å². The number of pyridine rings is 1. The van der Waals surface area contributed by atoms with Crippen LogP contribution < -0.4 is 5.32 Å². The molecule has 0 unspecified atom stereocenters. The Hall–Kier alpha value is -1.35. The van der Waals surface area contributed by atoms with E-state index in [1.54, 1.807) is 0 Å². The summed E-state index contributed by atoms with van der Waals surface area (Å²) in [7, 11) is 0. The first kappa shape index (κ1) is 13.1. The van der Waals surface area contributed by atoms with Crippen molar-refractivity contribution in [1.82, 2.24) is 4.98 Å². The van der Waals surface area contributed by atoms with Crippen molar-refractivity contribution in [2.45, 2.75) is 27.3 Å². The predicted molar refractivity (Wildman–Crippen MR) is 79.9 cm³/mol. The third kappa shape index (κ3) is 3.33. The van der Waals surface area contributed by atoms with Crippen LogP contribution in [0, 0.1) is 20.8 Å². The molecular formula is C15H17BrN2. The van der Waals surface area contributed by atoms with E-state index in [0.717, 1.165) is 22.4 Å². The summed E-state index contributed by atoms with van der Waals surface area (Å²) in [5.41, 5.74) is 6.09. The van der Waals surface area contributed by atoms with Crippen molar-refractivity contribution in [2.24, 2.45) is 0 Å². The van der Waals surface area contributed by atoms with Crippen molar-refractivity contribution < 1.29 is 0 Å². The molecule has 1 N–H and O–H groups in total. The molecule has 1 aromatic heterocycles. The van der Waals surface area contributed by atoms with Gasteiger partial charge in [-0.15, -0.1) is 0 Å². The molecule has 0 aliphatic heterocycles. The lowest BCUT2D eigenvalue weighted by molar-refractivity contribution is 1.11. The summed E-state index contributed by atoms with van der Waals surface area (Å²) in [4.78, 5) is 4.28. The van der Waals surface area contributed by atoms with Crippen LogP contribution in [0.1, 0.15) is 22.3 Å². The standard InChI is InChI=1S/C15H17BrN2/c1-10-4-11(2)6-13(5-10)8-17-14-7-12(3)15(16)18-9-14/h4-7,9,17H,8H2,1-3H3. The highest BCUT2D eigenvalue weighted by atomic mass is 79.9. The van der Waals surface area contributed by atoms with E-state index >= 15 is 0 Å². The number of hydrogen-bond donors (Lipinski definition) is 1. The average Bonchev–Trinajstić information content (AvgIpc) is 2.29. The molecule has 18 heavy (non-hydrogen) atoms. The summed E-state index contributed by atoms with van der Waals surface area (Å²) in [6.45, 7) is 7.12. The average molecular weight is 305 g/mol. The Morgan fingerprint density at radius 2 is 1.72 bits per heavy atom. The molecule has 0 aliphatic rings. The number of rotatable bonds is 3. The molecule has 0 amide bonds. The number of aromatic nitrogens is 1. The molecular weight excluding hydrogens is 288 g/mol. The highest BCUT2D eigenvalue weighted by Gasteiger charge is 2.00. The zero-order chi connectivity index (χ0) is 13.1. The third-order valence-corrected chi connectivity index (χ3v) is 3.62. The first-order valence-electron chi connectivity index (χ1n) is 5.98. The number of hydrogen-bond acceptors (Lipinski definition) is 2. The van der Waals surface area contributed by atoms with Crippen molar-refractivity contribution in [3.63, 3.8) is 0 Å². The van der Waals surface area contributed by atoms with Crippen LogP contribution in [0.15, 0.2) is 35.1 Å². The molecule has 3 heteroatoms. The number of benzene rings is 1. The zero-order valence-electron chi connectivity index (χ0n) is 10.9. The van der Waals surface area contributed by atoms with Gasteiger partial charge in [-0.2, -0.15) is 0 Å². The monoisotopic (exact) mass is 304 g/mol. The topological polar surface area (TPSA) is 24.9 Å². The predicted octanol–water partition coefficient (Wildman–Crippen LogP) is 4.38. The highest BCUT2D eigenvalue weighted by Crippen LogP contribution is 2.18. The van der Waals surface area contributed by atoms with E-state index < -0.39 is 0 Å². The molecule has 94 valence electrons. The zero-order valence-corrected chi connectivity index (χ0v) is 12.5. The van der Waals surface area contributed by atoms with E-state index in [1.807, 2.05) is 13.1 Å². The molecule has 1 heterocycles. The largest absolute Gasteiger partial charge is 0.380 e. The Kier molecular flexibility index (Phi) is 4.02. The number of anilines is 1. The van der Waals surface area contributed by atoms with E-state index in [0.29, 0.717) is 0 Å². The van der Waals surface area contributed by atoms with Gasteiger partial charge < -0.3 is 5.32 Å². The Morgan fingerprint density at radius 3 is 2.33 bits per heavy atom. The molecule has 0 radical (unpaired) electrons. The summed E-state index contributed by atoms with van der Waals surface area (Å²) in [5.74, 6) is 0. The first-order valence-corrected chi connectivity index (χ1v) is 6.77. The van der Waals surface area contributed by atoms with Crippen LogP contribution in [0.5, 0.6) is 0 Å². The molecule has 0 saturated carbocycles. The molecule has 0 bridgehead atoms. The number of nitrogens with zero attached hydrogens (tertiary/aromatic N) is 1. The smallest absolute Gasteiger partial charge is 0.109 e. The van der Waals surface area contributed by atoms with Gasteiger partial charge in [0, 0.05) is 6.54 Å². The van der Waals surface area contributed by atoms with Gasteiger partial charge in [-0.3, -0.25) is 0 Å². The van der Waals surface area contributed by atoms with E-state index in [-0.39, 0.29) is 0 Å². The van der Waals surface area contributed by atoms with E-state index in [4.69, 9.17) is 0 Å². The highest BCUT2D eigenvalue weighted by molar-refractivity contribution is 9.10. The second-order valence-electron chi connectivity index (χ2n) is 4.68. The van der Waals surface area contributed by atoms with Crippen LogP contribution >= 0.6 is 15.9 Å². The molecule has 0 fully saturated rings. The Labute approximate surface area is 117 Å². The summed E-state index contributed by atoms with van der Waals surface area (Å²) in [6, 6.07) is 8.70. The van der Waals surface area contributed by atoms with Gasteiger partial charge in [0.25, 0.3) is 0 Å². The summed E-state index contributed by atoms with van der Waals surface area (Å²) in [6.07, 6.45) is 1.85. The van der Waals surface area contributed by atoms with Gasteiger partial charge in [0.15, 0.2) is 0 Å². The maximum absolute atomic E-state index is 4.28. The first-order chi connectivity index (χ1) is 8.54. The van der Waals surface area contributed by atoms with Crippen LogP contribution in [0.3, 0.4) is 0 Å². The molecule has 2 nitrogen and oxygen atoms in total. The number of halogens is 1. The molecule has 2 aromatic rings. The molecule has 0 atom stereocenters. The summed E-state index contributed by atoms with van der Waals surface area (Å²) in [5, 5.41) is 3.40. The normalized spacial score (nSPS) is 10.4. The fourth-order valence-electron chi connectivity index (χ4n) is 2.03. The van der Waals surface area contributed by atoms with Crippen molar-refractivity contribution in [3.05, 3.63) is 57.3 Å². The molecule has 0 spiro atoms. The van der Waals surface area contributed by atoms with Gasteiger partial charge in [-0.25, -0.2) is 4.98 Å². The van der Waals surface area contributed by atoms with Crippen LogP contribution in [0.25, 0.3) is 0 Å². The second-order valence-corrected chi connectivity index (χ2v) is 5.43. The van der Waals surface area contributed by atoms with Gasteiger partial charge in [0.1, 0.15) is 4.60 Å². The van der Waals surface area contributed by atoms with Gasteiger partial charge in [0.05, 0.1) is 11.9 Å². The second kappa shape index (κ2) is 5.53. The SMILES string of the molecule is Cc1cc(C)cc(CNc2cnc(Br)c(C)c2)c1. The maximum atomic E-state index is 4.28. The quantitative estimate of drug-likeness (QED) is 0.851. The molecule has 0 saturated heterocycles. The van der Waals surface area contributed by atoms with Crippen LogP contribution in [0.4, 0.5) is 5.69 Å². The van der Waals surface area contributed by atoms with Crippen molar-refractivity contribution >= 4 is 21.6 Å². The van der Waals surface area contributed by atoms with Gasteiger partial charge in [-0.1, -0.05) is 29.3 Å². The number of aryl methyl sites for hydroxylation is 3. The lowest BCUT2D eigenvalue weighted by Crippen LogP contribution is -2.01. The van der Waals surface area contributed by atoms with E-state index in [9.17, 15) is 0 Å². The minimum absolute atomic E-state index is 0.825. The molecule has 1 aromatic carbocycles. The van der Waals surface area contributed by atoms with Crippen molar-refractivity contribution in [2.75, 3.05) is 5.32 Å². The third-order valence-electron chi connectivity index (χ3n) is 2.79. The van der Waals surface area contributed by atoms with Crippen molar-refractivity contribution in [3.8, 4) is 0 Å². The minimum atomic E-state index is 0.825. The lowest BCUT2D eigenvalue weighted by atomic mass is 10.1. The fraction of sp³-hybridized carbons (Fsp3) is 0.267. The van der Waals surface area contributed by atoms with Gasteiger partial charge >= 0.3 is 0 Å². The Balaban J connectivity index is 2.08. The van der Waals surface area contributed by atoms with Gasteiger partial charge in [-0.05, 0) is 53.9 Å². The lowest BCUT2D eigenvalue weighted by Gasteiger charge is -2.09. The Morgan fingerprint density at radius 1 is 1.06 bits per heavy atom. The Bertz CT molecular complexity index is 544. The number of nitrogens with one attached hydrogen (secondary N) is 1. The maximum Gasteiger partial charge on any atom is 0.109 e. The summed E-state index contributed by atoms with van der Waals surface area (Å²) >= 11 is 3.41. The van der Waals surface area contributed by atoms with Crippen LogP contribution in [-0.2, 0) is 6.54 Å². The van der Waals surface area contributed by atoms with E-state index in [1.165, 1.54) is 16.7 Å². The summed E-state index contributed by atoms with van der Waals surface area (Å²) < 4.78 is 0.902. The van der Waals surface area contributed by atoms with Crippen LogP contribution in [-0.4, -0.2) is 4.98 Å².